The van der Waals surface area contributed by atoms with Crippen LogP contribution in [-0.2, 0) is 11.0 Å². The smallest absolute Gasteiger partial charge is 0.416 e. The van der Waals surface area contributed by atoms with E-state index in [-0.39, 0.29) is 0 Å². The van der Waals surface area contributed by atoms with Crippen LogP contribution in [0, 0.1) is 0 Å². The molecular formula is C12H9F3O2. The number of carboxylic acid groups (broad SMARTS) is 1. The van der Waals surface area contributed by atoms with E-state index in [0.717, 1.165) is 18.2 Å². The summed E-state index contributed by atoms with van der Waals surface area (Å²) in [7, 11) is 0. The van der Waals surface area contributed by atoms with Gasteiger partial charge in [0.15, 0.2) is 0 Å². The summed E-state index contributed by atoms with van der Waals surface area (Å²) in [5, 5.41) is 8.29. The number of aliphatic carboxylic acids is 1. The monoisotopic (exact) mass is 242 g/mol. The highest BCUT2D eigenvalue weighted by Crippen LogP contribution is 2.29. The molecule has 0 aliphatic rings. The summed E-state index contributed by atoms with van der Waals surface area (Å²) in [6, 6.07) is 4.76. The van der Waals surface area contributed by atoms with Crippen molar-refractivity contribution >= 4 is 12.0 Å². The highest BCUT2D eigenvalue weighted by atomic mass is 19.4. The highest BCUT2D eigenvalue weighted by molar-refractivity contribution is 5.80. The molecule has 5 heteroatoms. The standard InChI is InChI=1S/C12H9F3O2/c13-12(14,15)10-6-3-5-9(8-10)4-1-2-7-11(16)17/h1-8H,(H,16,17). The van der Waals surface area contributed by atoms with Crippen LogP contribution >= 0.6 is 0 Å². The normalized spacial score (nSPS) is 12.4. The molecule has 0 unspecified atom stereocenters. The zero-order valence-electron chi connectivity index (χ0n) is 8.61. The van der Waals surface area contributed by atoms with Crippen LogP contribution < -0.4 is 0 Å². The molecule has 0 fully saturated rings. The summed E-state index contributed by atoms with van der Waals surface area (Å²) >= 11 is 0. The number of benzene rings is 1. The Hall–Kier alpha value is -2.04. The van der Waals surface area contributed by atoms with Crippen LogP contribution in [0.3, 0.4) is 0 Å². The van der Waals surface area contributed by atoms with Crippen molar-refractivity contribution in [3.63, 3.8) is 0 Å². The number of halogens is 3. The van der Waals surface area contributed by atoms with E-state index >= 15 is 0 Å². The van der Waals surface area contributed by atoms with Gasteiger partial charge in [-0.25, -0.2) is 4.79 Å². The molecular weight excluding hydrogens is 233 g/mol. The van der Waals surface area contributed by atoms with Gasteiger partial charge in [0, 0.05) is 6.08 Å². The molecule has 1 aromatic rings. The first-order valence-corrected chi connectivity index (χ1v) is 4.64. The lowest BCUT2D eigenvalue weighted by Gasteiger charge is -2.06. The van der Waals surface area contributed by atoms with Crippen LogP contribution in [0.1, 0.15) is 11.1 Å². The lowest BCUT2D eigenvalue weighted by molar-refractivity contribution is -0.137. The molecule has 0 spiro atoms. The maximum atomic E-state index is 12.3. The maximum Gasteiger partial charge on any atom is 0.416 e. The van der Waals surface area contributed by atoms with Gasteiger partial charge in [0.2, 0.25) is 0 Å². The second-order valence-corrected chi connectivity index (χ2v) is 3.18. The number of allylic oxidation sites excluding steroid dienone is 2. The van der Waals surface area contributed by atoms with Crippen molar-refractivity contribution in [2.75, 3.05) is 0 Å². The molecule has 0 saturated carbocycles. The van der Waals surface area contributed by atoms with Crippen molar-refractivity contribution < 1.29 is 23.1 Å². The fourth-order valence-electron chi connectivity index (χ4n) is 1.12. The lowest BCUT2D eigenvalue weighted by Crippen LogP contribution is -2.04. The maximum absolute atomic E-state index is 12.3. The third-order valence-corrected chi connectivity index (χ3v) is 1.85. The zero-order valence-corrected chi connectivity index (χ0v) is 8.61. The van der Waals surface area contributed by atoms with Crippen LogP contribution in [-0.4, -0.2) is 11.1 Å². The minimum atomic E-state index is -4.37. The van der Waals surface area contributed by atoms with Gasteiger partial charge in [-0.3, -0.25) is 0 Å². The fraction of sp³-hybridized carbons (Fsp3) is 0.0833. The van der Waals surface area contributed by atoms with Gasteiger partial charge in [0.25, 0.3) is 0 Å². The summed E-state index contributed by atoms with van der Waals surface area (Å²) < 4.78 is 37.0. The Bertz CT molecular complexity index is 459. The van der Waals surface area contributed by atoms with Crippen LogP contribution in [0.4, 0.5) is 13.2 Å². The topological polar surface area (TPSA) is 37.3 Å². The van der Waals surface area contributed by atoms with Gasteiger partial charge in [0.05, 0.1) is 5.56 Å². The largest absolute Gasteiger partial charge is 0.478 e. The summed E-state index contributed by atoms with van der Waals surface area (Å²) in [6.45, 7) is 0. The molecule has 1 rings (SSSR count). The summed E-state index contributed by atoms with van der Waals surface area (Å²) in [4.78, 5) is 10.1. The molecule has 0 radical (unpaired) electrons. The van der Waals surface area contributed by atoms with Gasteiger partial charge >= 0.3 is 12.1 Å². The second-order valence-electron chi connectivity index (χ2n) is 3.18. The third kappa shape index (κ3) is 4.55. The Morgan fingerprint density at radius 2 is 1.94 bits per heavy atom. The van der Waals surface area contributed by atoms with Gasteiger partial charge in [-0.15, -0.1) is 0 Å². The Labute approximate surface area is 95.7 Å². The van der Waals surface area contributed by atoms with E-state index in [4.69, 9.17) is 5.11 Å². The van der Waals surface area contributed by atoms with Crippen molar-refractivity contribution in [3.05, 3.63) is 53.6 Å². The van der Waals surface area contributed by atoms with Crippen molar-refractivity contribution in [2.24, 2.45) is 0 Å². The van der Waals surface area contributed by atoms with E-state index < -0.39 is 17.7 Å². The number of carbonyl (C=O) groups is 1. The molecule has 1 N–H and O–H groups in total. The van der Waals surface area contributed by atoms with Gasteiger partial charge < -0.3 is 5.11 Å². The van der Waals surface area contributed by atoms with Crippen LogP contribution in [0.2, 0.25) is 0 Å². The average Bonchev–Trinajstić information content (AvgIpc) is 2.23. The molecule has 0 amide bonds. The zero-order chi connectivity index (χ0) is 12.9. The average molecular weight is 242 g/mol. The molecule has 0 bridgehead atoms. The van der Waals surface area contributed by atoms with Crippen molar-refractivity contribution in [2.45, 2.75) is 6.18 Å². The molecule has 0 aromatic heterocycles. The highest BCUT2D eigenvalue weighted by Gasteiger charge is 2.30. The van der Waals surface area contributed by atoms with Gasteiger partial charge in [0.1, 0.15) is 0 Å². The minimum Gasteiger partial charge on any atom is -0.478 e. The molecule has 0 aliphatic heterocycles. The predicted molar refractivity (Wildman–Crippen MR) is 57.3 cm³/mol. The van der Waals surface area contributed by atoms with Crippen molar-refractivity contribution in [3.8, 4) is 0 Å². The molecule has 17 heavy (non-hydrogen) atoms. The van der Waals surface area contributed by atoms with Crippen LogP contribution in [0.5, 0.6) is 0 Å². The van der Waals surface area contributed by atoms with E-state index in [1.54, 1.807) is 0 Å². The number of hydrogen-bond acceptors (Lipinski definition) is 1. The van der Waals surface area contributed by atoms with Crippen LogP contribution in [0.15, 0.2) is 42.5 Å². The van der Waals surface area contributed by atoms with E-state index in [2.05, 4.69) is 0 Å². The Kier molecular flexibility index (Phi) is 4.09. The molecule has 0 atom stereocenters. The Morgan fingerprint density at radius 3 is 2.53 bits per heavy atom. The molecule has 90 valence electrons. The molecule has 2 nitrogen and oxygen atoms in total. The first kappa shape index (κ1) is 13.0. The number of hydrogen-bond donors (Lipinski definition) is 1. The third-order valence-electron chi connectivity index (χ3n) is 1.85. The fourth-order valence-corrected chi connectivity index (χ4v) is 1.12. The van der Waals surface area contributed by atoms with Gasteiger partial charge in [-0.1, -0.05) is 30.4 Å². The second kappa shape index (κ2) is 5.34. The number of rotatable bonds is 3. The predicted octanol–water partition coefficient (Wildman–Crippen LogP) is 3.36. The van der Waals surface area contributed by atoms with Gasteiger partial charge in [-0.05, 0) is 17.7 Å². The van der Waals surface area contributed by atoms with Crippen molar-refractivity contribution in [1.29, 1.82) is 0 Å². The Morgan fingerprint density at radius 1 is 1.24 bits per heavy atom. The lowest BCUT2D eigenvalue weighted by atomic mass is 10.1. The first-order chi connectivity index (χ1) is 7.89. The van der Waals surface area contributed by atoms with Gasteiger partial charge in [-0.2, -0.15) is 13.2 Å². The first-order valence-electron chi connectivity index (χ1n) is 4.64. The summed E-state index contributed by atoms with van der Waals surface area (Å²) in [5.41, 5.74) is -0.378. The van der Waals surface area contributed by atoms with Crippen LogP contribution in [0.25, 0.3) is 6.08 Å². The molecule has 0 aliphatic carbocycles. The molecule has 1 aromatic carbocycles. The Balaban J connectivity index is 2.83. The quantitative estimate of drug-likeness (QED) is 0.651. The SMILES string of the molecule is O=C(O)C=CC=Cc1cccc(C(F)(F)F)c1. The molecule has 0 heterocycles. The van der Waals surface area contributed by atoms with E-state index in [1.807, 2.05) is 0 Å². The number of carboxylic acids is 1. The summed E-state index contributed by atoms with van der Waals surface area (Å²) in [6.07, 6.45) is 0.520. The van der Waals surface area contributed by atoms with E-state index in [1.165, 1.54) is 30.4 Å². The minimum absolute atomic E-state index is 0.356. The van der Waals surface area contributed by atoms with E-state index in [9.17, 15) is 18.0 Å². The molecule has 0 saturated heterocycles. The van der Waals surface area contributed by atoms with Crippen molar-refractivity contribution in [1.82, 2.24) is 0 Å². The van der Waals surface area contributed by atoms with E-state index in [0.29, 0.717) is 5.56 Å². The number of alkyl halides is 3. The summed E-state index contributed by atoms with van der Waals surface area (Å²) in [5.74, 6) is -1.11.